The van der Waals surface area contributed by atoms with Crippen molar-refractivity contribution in [3.8, 4) is 11.5 Å². The van der Waals surface area contributed by atoms with E-state index in [1.807, 2.05) is 0 Å². The Morgan fingerprint density at radius 2 is 2.22 bits per heavy atom. The quantitative estimate of drug-likeness (QED) is 0.606. The number of hydroxylamine groups is 1. The second-order valence-electron chi connectivity index (χ2n) is 3.68. The molecule has 0 aromatic heterocycles. The van der Waals surface area contributed by atoms with E-state index < -0.39 is 5.91 Å². The summed E-state index contributed by atoms with van der Waals surface area (Å²) < 4.78 is 10.8. The van der Waals surface area contributed by atoms with Gasteiger partial charge in [0, 0.05) is 6.54 Å². The molecular formula is C11H13ClN2O4. The number of nitrogens with two attached hydrogens (primary N) is 1. The summed E-state index contributed by atoms with van der Waals surface area (Å²) in [6.45, 7) is 1.19. The highest BCUT2D eigenvalue weighted by atomic mass is 35.5. The molecule has 0 atom stereocenters. The monoisotopic (exact) mass is 272 g/mol. The Bertz CT molecular complexity index is 453. The Morgan fingerprint density at radius 3 is 3.00 bits per heavy atom. The predicted molar refractivity (Wildman–Crippen MR) is 64.4 cm³/mol. The van der Waals surface area contributed by atoms with E-state index in [0.29, 0.717) is 36.3 Å². The molecule has 0 unspecified atom stereocenters. The van der Waals surface area contributed by atoms with Crippen molar-refractivity contribution in [2.75, 3.05) is 19.8 Å². The van der Waals surface area contributed by atoms with Gasteiger partial charge in [-0.05, 0) is 17.7 Å². The lowest BCUT2D eigenvalue weighted by atomic mass is 10.2. The van der Waals surface area contributed by atoms with Gasteiger partial charge in [0.15, 0.2) is 11.5 Å². The van der Waals surface area contributed by atoms with Gasteiger partial charge >= 0.3 is 0 Å². The van der Waals surface area contributed by atoms with Crippen LogP contribution in [0.3, 0.4) is 0 Å². The Labute approximate surface area is 109 Å². The SMILES string of the molecule is NC(=O)CONCc1cc(Cl)c2c(c1)OCCO2. The molecule has 1 aliphatic rings. The van der Waals surface area contributed by atoms with Crippen LogP contribution in [0, 0.1) is 0 Å². The average Bonchev–Trinajstić information content (AvgIpc) is 2.35. The van der Waals surface area contributed by atoms with E-state index in [1.54, 1.807) is 12.1 Å². The number of rotatable bonds is 5. The van der Waals surface area contributed by atoms with Crippen LogP contribution in [0.4, 0.5) is 0 Å². The molecule has 2 rings (SSSR count). The summed E-state index contributed by atoms with van der Waals surface area (Å²) in [5.41, 5.74) is 8.39. The first-order chi connectivity index (χ1) is 8.66. The predicted octanol–water partition coefficient (Wildman–Crippen LogP) is 0.618. The van der Waals surface area contributed by atoms with Crippen LogP contribution < -0.4 is 20.7 Å². The summed E-state index contributed by atoms with van der Waals surface area (Å²) in [4.78, 5) is 15.3. The van der Waals surface area contributed by atoms with Gasteiger partial charge in [0.1, 0.15) is 19.8 Å². The van der Waals surface area contributed by atoms with Gasteiger partial charge in [0.05, 0.1) is 5.02 Å². The molecule has 0 saturated carbocycles. The lowest BCUT2D eigenvalue weighted by Gasteiger charge is -2.20. The maximum absolute atomic E-state index is 10.5. The van der Waals surface area contributed by atoms with Crippen LogP contribution >= 0.6 is 11.6 Å². The van der Waals surface area contributed by atoms with Gasteiger partial charge in [0.2, 0.25) is 5.91 Å². The van der Waals surface area contributed by atoms with E-state index in [0.717, 1.165) is 5.56 Å². The third-order valence-corrected chi connectivity index (χ3v) is 2.53. The normalized spacial score (nSPS) is 13.4. The fraction of sp³-hybridized carbons (Fsp3) is 0.364. The molecular weight excluding hydrogens is 260 g/mol. The highest BCUT2D eigenvalue weighted by Gasteiger charge is 2.16. The molecule has 1 heterocycles. The summed E-state index contributed by atoms with van der Waals surface area (Å²) in [6, 6.07) is 3.55. The molecule has 0 bridgehead atoms. The number of amides is 1. The van der Waals surface area contributed by atoms with Crippen molar-refractivity contribution in [2.45, 2.75) is 6.54 Å². The van der Waals surface area contributed by atoms with Crippen LogP contribution in [-0.4, -0.2) is 25.7 Å². The standard InChI is InChI=1S/C11H13ClN2O4/c12-8-3-7(5-14-18-6-10(13)15)4-9-11(8)17-2-1-16-9/h3-4,14H,1-2,5-6H2,(H2,13,15). The number of carbonyl (C=O) groups excluding carboxylic acids is 1. The summed E-state index contributed by atoms with van der Waals surface area (Å²) >= 11 is 6.06. The Balaban J connectivity index is 1.97. The highest BCUT2D eigenvalue weighted by molar-refractivity contribution is 6.32. The lowest BCUT2D eigenvalue weighted by molar-refractivity contribution is -0.125. The summed E-state index contributed by atoms with van der Waals surface area (Å²) in [5.74, 6) is 0.632. The zero-order chi connectivity index (χ0) is 13.0. The number of nitrogens with one attached hydrogen (secondary N) is 1. The van der Waals surface area contributed by atoms with E-state index in [1.165, 1.54) is 0 Å². The molecule has 1 amide bonds. The first-order valence-corrected chi connectivity index (χ1v) is 5.75. The van der Waals surface area contributed by atoms with Crippen molar-refractivity contribution in [2.24, 2.45) is 5.73 Å². The van der Waals surface area contributed by atoms with Gasteiger partial charge in [-0.3, -0.25) is 9.63 Å². The number of carbonyl (C=O) groups is 1. The molecule has 3 N–H and O–H groups in total. The number of hydrogen-bond acceptors (Lipinski definition) is 5. The van der Waals surface area contributed by atoms with Crippen LogP contribution in [0.2, 0.25) is 5.02 Å². The zero-order valence-electron chi connectivity index (χ0n) is 9.57. The molecule has 18 heavy (non-hydrogen) atoms. The fourth-order valence-corrected chi connectivity index (χ4v) is 1.81. The largest absolute Gasteiger partial charge is 0.486 e. The minimum atomic E-state index is -0.539. The average molecular weight is 273 g/mol. The van der Waals surface area contributed by atoms with Crippen LogP contribution in [0.1, 0.15) is 5.56 Å². The molecule has 0 aliphatic carbocycles. The number of fused-ring (bicyclic) bond motifs is 1. The van der Waals surface area contributed by atoms with Crippen molar-refractivity contribution >= 4 is 17.5 Å². The van der Waals surface area contributed by atoms with E-state index in [-0.39, 0.29) is 6.61 Å². The number of halogens is 1. The van der Waals surface area contributed by atoms with E-state index >= 15 is 0 Å². The minimum Gasteiger partial charge on any atom is -0.486 e. The van der Waals surface area contributed by atoms with Crippen molar-refractivity contribution in [1.29, 1.82) is 0 Å². The van der Waals surface area contributed by atoms with Crippen LogP contribution in [-0.2, 0) is 16.2 Å². The first-order valence-electron chi connectivity index (χ1n) is 5.38. The van der Waals surface area contributed by atoms with Crippen LogP contribution in [0.5, 0.6) is 11.5 Å². The second kappa shape index (κ2) is 5.90. The molecule has 6 nitrogen and oxygen atoms in total. The van der Waals surface area contributed by atoms with Gasteiger partial charge < -0.3 is 15.2 Å². The Morgan fingerprint density at radius 1 is 1.44 bits per heavy atom. The molecule has 7 heteroatoms. The third-order valence-electron chi connectivity index (χ3n) is 2.25. The minimum absolute atomic E-state index is 0.182. The van der Waals surface area contributed by atoms with Gasteiger partial charge in [-0.2, -0.15) is 5.48 Å². The molecule has 1 aromatic carbocycles. The molecule has 0 saturated heterocycles. The molecule has 1 aromatic rings. The summed E-state index contributed by atoms with van der Waals surface area (Å²) in [7, 11) is 0. The summed E-state index contributed by atoms with van der Waals surface area (Å²) in [6.07, 6.45) is 0. The van der Waals surface area contributed by atoms with Crippen LogP contribution in [0.25, 0.3) is 0 Å². The fourth-order valence-electron chi connectivity index (χ4n) is 1.52. The van der Waals surface area contributed by atoms with Gasteiger partial charge in [0.25, 0.3) is 0 Å². The van der Waals surface area contributed by atoms with Crippen molar-refractivity contribution in [3.05, 3.63) is 22.7 Å². The number of primary amides is 1. The Hall–Kier alpha value is -1.50. The summed E-state index contributed by atoms with van der Waals surface area (Å²) in [5, 5.41) is 0.485. The van der Waals surface area contributed by atoms with Gasteiger partial charge in [-0.1, -0.05) is 11.6 Å². The molecule has 98 valence electrons. The molecule has 0 radical (unpaired) electrons. The number of hydrogen-bond donors (Lipinski definition) is 2. The molecule has 0 spiro atoms. The molecule has 0 fully saturated rings. The van der Waals surface area contributed by atoms with Gasteiger partial charge in [-0.15, -0.1) is 0 Å². The van der Waals surface area contributed by atoms with Crippen molar-refractivity contribution in [1.82, 2.24) is 5.48 Å². The van der Waals surface area contributed by atoms with Crippen LogP contribution in [0.15, 0.2) is 12.1 Å². The third kappa shape index (κ3) is 3.25. The number of benzene rings is 1. The van der Waals surface area contributed by atoms with E-state index in [4.69, 9.17) is 31.6 Å². The zero-order valence-corrected chi connectivity index (χ0v) is 10.3. The second-order valence-corrected chi connectivity index (χ2v) is 4.09. The molecule has 1 aliphatic heterocycles. The maximum Gasteiger partial charge on any atom is 0.245 e. The Kier molecular flexibility index (Phi) is 4.24. The smallest absolute Gasteiger partial charge is 0.245 e. The lowest BCUT2D eigenvalue weighted by Crippen LogP contribution is -2.24. The van der Waals surface area contributed by atoms with E-state index in [2.05, 4.69) is 5.48 Å². The first kappa shape index (κ1) is 12.9. The number of ether oxygens (including phenoxy) is 2. The van der Waals surface area contributed by atoms with Crippen molar-refractivity contribution in [3.63, 3.8) is 0 Å². The van der Waals surface area contributed by atoms with Crippen molar-refractivity contribution < 1.29 is 19.1 Å². The topological polar surface area (TPSA) is 82.8 Å². The van der Waals surface area contributed by atoms with E-state index in [9.17, 15) is 4.79 Å². The van der Waals surface area contributed by atoms with Gasteiger partial charge in [-0.25, -0.2) is 0 Å². The highest BCUT2D eigenvalue weighted by Crippen LogP contribution is 2.38. The maximum atomic E-state index is 10.5.